The van der Waals surface area contributed by atoms with Crippen LogP contribution in [0.2, 0.25) is 0 Å². The first-order valence-electron chi connectivity index (χ1n) is 3.46. The van der Waals surface area contributed by atoms with Crippen molar-refractivity contribution in [2.75, 3.05) is 0 Å². The van der Waals surface area contributed by atoms with E-state index in [-0.39, 0.29) is 4.08 Å². The van der Waals surface area contributed by atoms with Crippen LogP contribution < -0.4 is 0 Å². The first-order chi connectivity index (χ1) is 5.17. The molecule has 0 aromatic heterocycles. The number of hydrogen-bond acceptors (Lipinski definition) is 2. The van der Waals surface area contributed by atoms with Gasteiger partial charge in [-0.1, -0.05) is 37.3 Å². The largest absolute Gasteiger partial charge is 0.157 e. The third-order valence-electron chi connectivity index (χ3n) is 1.58. The molecule has 0 spiro atoms. The summed E-state index contributed by atoms with van der Waals surface area (Å²) in [4.78, 5) is 0. The molecule has 0 nitrogen and oxygen atoms in total. The maximum Gasteiger partial charge on any atom is 0.0802 e. The lowest BCUT2D eigenvalue weighted by molar-refractivity contribution is 0.910. The molecule has 0 atom stereocenters. The summed E-state index contributed by atoms with van der Waals surface area (Å²) in [5, 5.41) is 0. The molecule has 0 fully saturated rings. The van der Waals surface area contributed by atoms with Crippen LogP contribution in [0.25, 0.3) is 0 Å². The molecular weight excluding hydrogens is 172 g/mol. The van der Waals surface area contributed by atoms with Gasteiger partial charge in [0.25, 0.3) is 0 Å². The topological polar surface area (TPSA) is 0 Å². The first kappa shape index (κ1) is 9.01. The zero-order chi connectivity index (χ0) is 8.32. The standard InChI is InChI=1S/C9H11S2/c1-2-9(10,11)8-6-4-3-5-7-8/h3-7,10-11H,1-2H2. The second-order valence-electron chi connectivity index (χ2n) is 2.43. The van der Waals surface area contributed by atoms with Crippen LogP contribution in [0.5, 0.6) is 0 Å². The van der Waals surface area contributed by atoms with Gasteiger partial charge in [-0.15, -0.1) is 0 Å². The van der Waals surface area contributed by atoms with Crippen molar-refractivity contribution in [2.24, 2.45) is 0 Å². The van der Waals surface area contributed by atoms with E-state index >= 15 is 0 Å². The number of thiol groups is 2. The van der Waals surface area contributed by atoms with Crippen LogP contribution in [0.15, 0.2) is 30.3 Å². The van der Waals surface area contributed by atoms with Gasteiger partial charge >= 0.3 is 0 Å². The fourth-order valence-electron chi connectivity index (χ4n) is 0.849. The Kier molecular flexibility index (Phi) is 2.90. The van der Waals surface area contributed by atoms with Crippen LogP contribution in [0.4, 0.5) is 0 Å². The summed E-state index contributed by atoms with van der Waals surface area (Å²) in [5.41, 5.74) is 1.10. The normalized spacial score (nSPS) is 11.5. The van der Waals surface area contributed by atoms with E-state index in [1.165, 1.54) is 0 Å². The molecule has 0 aliphatic heterocycles. The minimum absolute atomic E-state index is 0.388. The van der Waals surface area contributed by atoms with E-state index in [0.717, 1.165) is 5.56 Å². The van der Waals surface area contributed by atoms with Crippen LogP contribution in [-0.2, 0) is 4.08 Å². The van der Waals surface area contributed by atoms with Crippen molar-refractivity contribution < 1.29 is 0 Å². The summed E-state index contributed by atoms with van der Waals surface area (Å²) in [6.45, 7) is 3.78. The number of rotatable bonds is 2. The van der Waals surface area contributed by atoms with Crippen molar-refractivity contribution in [3.8, 4) is 0 Å². The summed E-state index contributed by atoms with van der Waals surface area (Å²) < 4.78 is -0.388. The van der Waals surface area contributed by atoms with Crippen molar-refractivity contribution in [1.82, 2.24) is 0 Å². The van der Waals surface area contributed by atoms with Gasteiger partial charge in [0.1, 0.15) is 0 Å². The quantitative estimate of drug-likeness (QED) is 0.511. The molecule has 11 heavy (non-hydrogen) atoms. The highest BCUT2D eigenvalue weighted by Gasteiger charge is 2.19. The second kappa shape index (κ2) is 3.55. The number of benzene rings is 1. The summed E-state index contributed by atoms with van der Waals surface area (Å²) >= 11 is 8.76. The Morgan fingerprint density at radius 3 is 2.18 bits per heavy atom. The van der Waals surface area contributed by atoms with Gasteiger partial charge in [0.15, 0.2) is 0 Å². The Morgan fingerprint density at radius 2 is 1.73 bits per heavy atom. The zero-order valence-electron chi connectivity index (χ0n) is 6.20. The lowest BCUT2D eigenvalue weighted by atomic mass is 10.1. The van der Waals surface area contributed by atoms with Crippen molar-refractivity contribution >= 4 is 25.3 Å². The fraction of sp³-hybridized carbons (Fsp3) is 0.222. The molecule has 1 aromatic carbocycles. The van der Waals surface area contributed by atoms with Crippen LogP contribution in [0.1, 0.15) is 12.0 Å². The van der Waals surface area contributed by atoms with Gasteiger partial charge in [-0.25, -0.2) is 0 Å². The molecule has 0 saturated carbocycles. The van der Waals surface area contributed by atoms with Gasteiger partial charge < -0.3 is 0 Å². The molecule has 1 rings (SSSR count). The van der Waals surface area contributed by atoms with Crippen molar-refractivity contribution in [3.05, 3.63) is 42.8 Å². The summed E-state index contributed by atoms with van der Waals surface area (Å²) in [5.74, 6) is 0. The molecule has 0 unspecified atom stereocenters. The Labute approximate surface area is 78.8 Å². The zero-order valence-corrected chi connectivity index (χ0v) is 7.98. The predicted molar refractivity (Wildman–Crippen MR) is 56.1 cm³/mol. The van der Waals surface area contributed by atoms with Crippen molar-refractivity contribution in [1.29, 1.82) is 0 Å². The predicted octanol–water partition coefficient (Wildman–Crippen LogP) is 2.92. The summed E-state index contributed by atoms with van der Waals surface area (Å²) in [6, 6.07) is 9.94. The summed E-state index contributed by atoms with van der Waals surface area (Å²) in [7, 11) is 0. The molecule has 2 heteroatoms. The highest BCUT2D eigenvalue weighted by Crippen LogP contribution is 2.35. The van der Waals surface area contributed by atoms with Crippen LogP contribution >= 0.6 is 25.3 Å². The lowest BCUT2D eigenvalue weighted by Crippen LogP contribution is -2.07. The van der Waals surface area contributed by atoms with Gasteiger partial charge in [-0.05, 0) is 12.0 Å². The monoisotopic (exact) mass is 183 g/mol. The molecule has 0 bridgehead atoms. The average Bonchev–Trinajstić information content (AvgIpc) is 2.06. The Balaban J connectivity index is 2.93. The molecule has 0 amide bonds. The molecule has 0 N–H and O–H groups in total. The molecule has 0 aliphatic rings. The summed E-state index contributed by atoms with van der Waals surface area (Å²) in [6.07, 6.45) is 0.670. The van der Waals surface area contributed by atoms with E-state index in [4.69, 9.17) is 0 Å². The third kappa shape index (κ3) is 2.17. The van der Waals surface area contributed by atoms with Gasteiger partial charge in [-0.2, -0.15) is 25.3 Å². The Hall–Kier alpha value is -0.0800. The molecular formula is C9H11S2. The van der Waals surface area contributed by atoms with Crippen LogP contribution in [0.3, 0.4) is 0 Å². The van der Waals surface area contributed by atoms with Crippen LogP contribution in [0, 0.1) is 6.92 Å². The molecule has 0 heterocycles. The Bertz CT molecular complexity index is 216. The van der Waals surface area contributed by atoms with E-state index in [1.807, 2.05) is 30.3 Å². The van der Waals surface area contributed by atoms with Gasteiger partial charge in [0.05, 0.1) is 4.08 Å². The molecule has 0 aliphatic carbocycles. The van der Waals surface area contributed by atoms with E-state index in [2.05, 4.69) is 32.2 Å². The van der Waals surface area contributed by atoms with E-state index < -0.39 is 0 Å². The maximum absolute atomic E-state index is 4.38. The van der Waals surface area contributed by atoms with Crippen molar-refractivity contribution in [3.63, 3.8) is 0 Å². The molecule has 0 saturated heterocycles. The van der Waals surface area contributed by atoms with Gasteiger partial charge in [0.2, 0.25) is 0 Å². The van der Waals surface area contributed by atoms with Crippen LogP contribution in [-0.4, -0.2) is 0 Å². The second-order valence-corrected chi connectivity index (χ2v) is 4.31. The van der Waals surface area contributed by atoms with E-state index in [1.54, 1.807) is 0 Å². The van der Waals surface area contributed by atoms with Crippen molar-refractivity contribution in [2.45, 2.75) is 10.5 Å². The van der Waals surface area contributed by atoms with E-state index in [0.29, 0.717) is 6.42 Å². The molecule has 59 valence electrons. The lowest BCUT2D eigenvalue weighted by Gasteiger charge is -2.20. The van der Waals surface area contributed by atoms with Gasteiger partial charge in [0, 0.05) is 0 Å². The smallest absolute Gasteiger partial charge is 0.0802 e. The first-order valence-corrected chi connectivity index (χ1v) is 4.36. The maximum atomic E-state index is 4.38. The molecule has 1 aromatic rings. The minimum Gasteiger partial charge on any atom is -0.157 e. The highest BCUT2D eigenvalue weighted by atomic mass is 32.2. The SMILES string of the molecule is [CH2]CC(S)(S)c1ccccc1. The van der Waals surface area contributed by atoms with Gasteiger partial charge in [-0.3, -0.25) is 0 Å². The highest BCUT2D eigenvalue weighted by molar-refractivity contribution is 7.99. The Morgan fingerprint density at radius 1 is 1.18 bits per heavy atom. The fourth-order valence-corrected chi connectivity index (χ4v) is 1.15. The minimum atomic E-state index is -0.388. The van der Waals surface area contributed by atoms with E-state index in [9.17, 15) is 0 Å². The number of hydrogen-bond donors (Lipinski definition) is 2. The molecule has 1 radical (unpaired) electrons. The third-order valence-corrected chi connectivity index (χ3v) is 2.55. The average molecular weight is 183 g/mol.